The lowest BCUT2D eigenvalue weighted by Crippen LogP contribution is -2.25. The summed E-state index contributed by atoms with van der Waals surface area (Å²) in [6.45, 7) is 0.177. The van der Waals surface area contributed by atoms with Gasteiger partial charge in [-0.25, -0.2) is 0 Å². The maximum absolute atomic E-state index is 11.5. The quantitative estimate of drug-likeness (QED) is 0.583. The van der Waals surface area contributed by atoms with E-state index in [4.69, 9.17) is 11.6 Å². The number of rotatable bonds is 1. The average Bonchev–Trinajstić information content (AvgIpc) is 2.45. The fourth-order valence-electron chi connectivity index (χ4n) is 1.50. The van der Waals surface area contributed by atoms with Gasteiger partial charge in [0.25, 0.3) is 0 Å². The number of anilines is 1. The Labute approximate surface area is 106 Å². The van der Waals surface area contributed by atoms with Crippen molar-refractivity contribution >= 4 is 51.6 Å². The van der Waals surface area contributed by atoms with Gasteiger partial charge in [0, 0.05) is 8.59 Å². The van der Waals surface area contributed by atoms with E-state index < -0.39 is 0 Å². The third-order valence-electron chi connectivity index (χ3n) is 2.18. The largest absolute Gasteiger partial charge is 0.304 e. The molecule has 0 N–H and O–H groups in total. The zero-order valence-electron chi connectivity index (χ0n) is 7.67. The lowest BCUT2D eigenvalue weighted by atomic mass is 10.3. The van der Waals surface area contributed by atoms with Crippen LogP contribution in [0.3, 0.4) is 0 Å². The van der Waals surface area contributed by atoms with Crippen LogP contribution < -0.4 is 4.90 Å². The minimum Gasteiger partial charge on any atom is -0.304 e. The second-order valence-electron chi connectivity index (χ2n) is 3.29. The van der Waals surface area contributed by atoms with Crippen LogP contribution >= 0.6 is 34.2 Å². The van der Waals surface area contributed by atoms with E-state index in [-0.39, 0.29) is 24.7 Å². The van der Waals surface area contributed by atoms with Gasteiger partial charge in [-0.1, -0.05) is 11.6 Å². The van der Waals surface area contributed by atoms with Crippen LogP contribution in [0.4, 0.5) is 5.69 Å². The lowest BCUT2D eigenvalue weighted by molar-refractivity contribution is -0.121. The number of nitrogens with zero attached hydrogens (tertiary/aromatic N) is 1. The van der Waals surface area contributed by atoms with Crippen molar-refractivity contribution in [1.82, 2.24) is 0 Å². The molecule has 0 unspecified atom stereocenters. The smallest absolute Gasteiger partial charge is 0.234 e. The Morgan fingerprint density at radius 3 is 2.60 bits per heavy atom. The Hall–Kier alpha value is -0.620. The predicted octanol–water partition coefficient (Wildman–Crippen LogP) is 2.25. The normalized spacial score (nSPS) is 16.3. The number of amides is 1. The van der Waals surface area contributed by atoms with Crippen molar-refractivity contribution in [2.45, 2.75) is 6.42 Å². The van der Waals surface area contributed by atoms with Gasteiger partial charge >= 0.3 is 0 Å². The van der Waals surface area contributed by atoms with E-state index in [1.807, 2.05) is 0 Å². The molecule has 0 saturated carbocycles. The molecule has 15 heavy (non-hydrogen) atoms. The van der Waals surface area contributed by atoms with Crippen LogP contribution in [0.1, 0.15) is 6.42 Å². The van der Waals surface area contributed by atoms with Gasteiger partial charge in [0.1, 0.15) is 0 Å². The first-order chi connectivity index (χ1) is 7.08. The summed E-state index contributed by atoms with van der Waals surface area (Å²) in [6.07, 6.45) is 0.0126. The summed E-state index contributed by atoms with van der Waals surface area (Å²) in [5.74, 6) is -0.175. The van der Waals surface area contributed by atoms with Gasteiger partial charge in [0.15, 0.2) is 5.78 Å². The molecule has 0 aromatic heterocycles. The van der Waals surface area contributed by atoms with Crippen LogP contribution in [0.5, 0.6) is 0 Å². The number of hydrogen-bond donors (Lipinski definition) is 0. The number of ketones is 1. The predicted molar refractivity (Wildman–Crippen MR) is 66.1 cm³/mol. The molecular formula is C10H7ClINO2. The van der Waals surface area contributed by atoms with Gasteiger partial charge in [-0.2, -0.15) is 0 Å². The van der Waals surface area contributed by atoms with Gasteiger partial charge in [0.2, 0.25) is 5.91 Å². The molecule has 0 aliphatic carbocycles. The van der Waals surface area contributed by atoms with Crippen LogP contribution in [-0.2, 0) is 9.59 Å². The fraction of sp³-hybridized carbons (Fsp3) is 0.200. The number of Topliss-reactive ketones (excluding diaryl/α,β-unsaturated/α-hetero) is 1. The third kappa shape index (κ3) is 2.15. The summed E-state index contributed by atoms with van der Waals surface area (Å²) in [4.78, 5) is 24.1. The molecule has 3 nitrogen and oxygen atoms in total. The molecule has 1 aliphatic heterocycles. The standard InChI is InChI=1S/C10H7ClINO2/c11-6-1-2-9(8(12)3-6)13-5-7(14)4-10(13)15/h1-3H,4-5H2. The summed E-state index contributed by atoms with van der Waals surface area (Å²) < 4.78 is 0.878. The summed E-state index contributed by atoms with van der Waals surface area (Å²) in [7, 11) is 0. The van der Waals surface area contributed by atoms with Crippen molar-refractivity contribution in [3.63, 3.8) is 0 Å². The number of carbonyl (C=O) groups excluding carboxylic acids is 2. The molecule has 0 spiro atoms. The SMILES string of the molecule is O=C1CC(=O)N(c2ccc(Cl)cc2I)C1. The van der Waals surface area contributed by atoms with Crippen molar-refractivity contribution < 1.29 is 9.59 Å². The first-order valence-corrected chi connectivity index (χ1v) is 5.81. The molecule has 0 radical (unpaired) electrons. The Morgan fingerprint density at radius 2 is 2.07 bits per heavy atom. The van der Waals surface area contributed by atoms with Gasteiger partial charge in [-0.15, -0.1) is 0 Å². The Kier molecular flexibility index (Phi) is 2.97. The van der Waals surface area contributed by atoms with E-state index in [1.165, 1.54) is 4.90 Å². The van der Waals surface area contributed by atoms with E-state index in [0.29, 0.717) is 5.02 Å². The number of benzene rings is 1. The van der Waals surface area contributed by atoms with Crippen LogP contribution in [0, 0.1) is 3.57 Å². The zero-order valence-corrected chi connectivity index (χ0v) is 10.6. The summed E-state index contributed by atoms with van der Waals surface area (Å²) >= 11 is 7.92. The van der Waals surface area contributed by atoms with E-state index in [9.17, 15) is 9.59 Å². The maximum Gasteiger partial charge on any atom is 0.234 e. The maximum atomic E-state index is 11.5. The molecule has 2 rings (SSSR count). The molecule has 1 heterocycles. The monoisotopic (exact) mass is 335 g/mol. The second-order valence-corrected chi connectivity index (χ2v) is 4.89. The molecule has 1 fully saturated rings. The molecule has 1 aromatic rings. The second kappa shape index (κ2) is 4.09. The minimum atomic E-state index is -0.139. The zero-order chi connectivity index (χ0) is 11.0. The summed E-state index contributed by atoms with van der Waals surface area (Å²) in [5, 5.41) is 0.626. The van der Waals surface area contributed by atoms with E-state index in [1.54, 1.807) is 18.2 Å². The highest BCUT2D eigenvalue weighted by atomic mass is 127. The van der Waals surface area contributed by atoms with E-state index in [2.05, 4.69) is 22.6 Å². The van der Waals surface area contributed by atoms with Crippen LogP contribution in [0.2, 0.25) is 5.02 Å². The van der Waals surface area contributed by atoms with E-state index >= 15 is 0 Å². The van der Waals surface area contributed by atoms with Crippen molar-refractivity contribution in [3.8, 4) is 0 Å². The van der Waals surface area contributed by atoms with Crippen molar-refractivity contribution in [3.05, 3.63) is 26.8 Å². The molecular weight excluding hydrogens is 328 g/mol. The van der Waals surface area contributed by atoms with Gasteiger partial charge in [-0.05, 0) is 40.8 Å². The van der Waals surface area contributed by atoms with Crippen LogP contribution in [0.25, 0.3) is 0 Å². The molecule has 0 bridgehead atoms. The van der Waals surface area contributed by atoms with Gasteiger partial charge < -0.3 is 4.90 Å². The molecule has 78 valence electrons. The average molecular weight is 336 g/mol. The number of carbonyl (C=O) groups is 2. The highest BCUT2D eigenvalue weighted by molar-refractivity contribution is 14.1. The van der Waals surface area contributed by atoms with Gasteiger partial charge in [-0.3, -0.25) is 9.59 Å². The Bertz CT molecular complexity index is 447. The topological polar surface area (TPSA) is 37.4 Å². The van der Waals surface area contributed by atoms with Crippen molar-refractivity contribution in [1.29, 1.82) is 0 Å². The number of hydrogen-bond acceptors (Lipinski definition) is 2. The summed E-state index contributed by atoms with van der Waals surface area (Å²) in [5.41, 5.74) is 0.760. The molecule has 1 aromatic carbocycles. The molecule has 1 amide bonds. The van der Waals surface area contributed by atoms with Crippen molar-refractivity contribution in [2.24, 2.45) is 0 Å². The molecule has 5 heteroatoms. The third-order valence-corrected chi connectivity index (χ3v) is 3.28. The highest BCUT2D eigenvalue weighted by Crippen LogP contribution is 2.28. The Morgan fingerprint density at radius 1 is 1.33 bits per heavy atom. The lowest BCUT2D eigenvalue weighted by Gasteiger charge is -2.16. The molecule has 1 aliphatic rings. The highest BCUT2D eigenvalue weighted by Gasteiger charge is 2.29. The summed E-state index contributed by atoms with van der Waals surface area (Å²) in [6, 6.07) is 5.25. The van der Waals surface area contributed by atoms with Crippen LogP contribution in [-0.4, -0.2) is 18.2 Å². The first kappa shape index (κ1) is 10.9. The minimum absolute atomic E-state index is 0.0126. The number of halogens is 2. The van der Waals surface area contributed by atoms with Crippen molar-refractivity contribution in [2.75, 3.05) is 11.4 Å². The van der Waals surface area contributed by atoms with Crippen LogP contribution in [0.15, 0.2) is 18.2 Å². The Balaban J connectivity index is 2.38. The molecule has 1 saturated heterocycles. The van der Waals surface area contributed by atoms with Gasteiger partial charge in [0.05, 0.1) is 18.7 Å². The first-order valence-electron chi connectivity index (χ1n) is 4.35. The van der Waals surface area contributed by atoms with E-state index in [0.717, 1.165) is 9.26 Å². The fourth-order valence-corrected chi connectivity index (χ4v) is 2.67. The molecule has 0 atom stereocenters.